The van der Waals surface area contributed by atoms with Crippen molar-refractivity contribution in [3.05, 3.63) is 0 Å². The number of nitrogens with two attached hydrogens (primary N) is 1. The summed E-state index contributed by atoms with van der Waals surface area (Å²) in [6.07, 6.45) is 2.92. The molecule has 13 nitrogen and oxygen atoms in total. The minimum atomic E-state index is -2.43. The van der Waals surface area contributed by atoms with Crippen LogP contribution in [0.4, 0.5) is 0 Å². The molecule has 0 aliphatic rings. The zero-order valence-corrected chi connectivity index (χ0v) is 30.6. The summed E-state index contributed by atoms with van der Waals surface area (Å²) < 4.78 is 49.6. The fourth-order valence-electron chi connectivity index (χ4n) is 4.06. The smallest absolute Gasteiger partial charge is 0.377 e. The van der Waals surface area contributed by atoms with Crippen LogP contribution in [0, 0.1) is 0 Å². The van der Waals surface area contributed by atoms with E-state index in [4.69, 9.17) is 45.6 Å². The van der Waals surface area contributed by atoms with Gasteiger partial charge >= 0.3 is 26.4 Å². The molecule has 0 unspecified atom stereocenters. The number of hydrogen-bond donors (Lipinski definition) is 4. The van der Waals surface area contributed by atoms with Gasteiger partial charge < -0.3 is 61.5 Å². The van der Waals surface area contributed by atoms with Crippen LogP contribution in [0.5, 0.6) is 0 Å². The van der Waals surface area contributed by atoms with E-state index in [-0.39, 0.29) is 0 Å². The normalized spacial score (nSPS) is 12.4. The molecule has 0 aromatic rings. The van der Waals surface area contributed by atoms with Gasteiger partial charge in [0.15, 0.2) is 0 Å². The third kappa shape index (κ3) is 20.7. The minimum absolute atomic E-state index is 0.641. The molecule has 0 saturated heterocycles. The van der Waals surface area contributed by atoms with Gasteiger partial charge in [-0.15, -0.1) is 0 Å². The molecular formula is C25H64N4O9Si3. The molecular weight excluding hydrogens is 585 g/mol. The van der Waals surface area contributed by atoms with Crippen molar-refractivity contribution >= 4 is 26.4 Å². The van der Waals surface area contributed by atoms with Gasteiger partial charge in [0.05, 0.1) is 0 Å². The van der Waals surface area contributed by atoms with Gasteiger partial charge in [0.1, 0.15) is 0 Å². The van der Waals surface area contributed by atoms with Crippen LogP contribution in [0.3, 0.4) is 0 Å². The summed E-state index contributed by atoms with van der Waals surface area (Å²) in [4.78, 5) is 0. The fourth-order valence-corrected chi connectivity index (χ4v) is 10.1. The number of hydrogen-bond acceptors (Lipinski definition) is 13. The lowest BCUT2D eigenvalue weighted by molar-refractivity contribution is 0.0708. The summed E-state index contributed by atoms with van der Waals surface area (Å²) in [6.45, 7) is 14.0. The highest BCUT2D eigenvalue weighted by Crippen LogP contribution is 2.18. The van der Waals surface area contributed by atoms with E-state index in [1.54, 1.807) is 42.7 Å². The summed E-state index contributed by atoms with van der Waals surface area (Å²) in [6, 6.07) is 2.49. The van der Waals surface area contributed by atoms with E-state index in [1.165, 1.54) is 0 Å². The second-order valence-electron chi connectivity index (χ2n) is 8.92. The van der Waals surface area contributed by atoms with E-state index in [1.807, 2.05) is 20.8 Å². The Hall–Kier alpha value is 0.131. The largest absolute Gasteiger partial charge is 0.500 e. The van der Waals surface area contributed by atoms with E-state index < -0.39 is 26.4 Å². The summed E-state index contributed by atoms with van der Waals surface area (Å²) in [5, 5.41) is 10.1. The van der Waals surface area contributed by atoms with Crippen molar-refractivity contribution in [1.29, 1.82) is 0 Å². The Bertz CT molecular complexity index is 495. The highest BCUT2D eigenvalue weighted by atomic mass is 28.4. The zero-order valence-electron chi connectivity index (χ0n) is 27.6. The van der Waals surface area contributed by atoms with Gasteiger partial charge in [-0.3, -0.25) is 0 Å². The fraction of sp³-hybridized carbons (Fsp3) is 1.00. The Kier molecular flexibility index (Phi) is 30.5. The molecule has 0 aliphatic carbocycles. The molecule has 0 spiro atoms. The predicted octanol–water partition coefficient (Wildman–Crippen LogP) is 1.68. The molecule has 16 heteroatoms. The Labute approximate surface area is 254 Å². The van der Waals surface area contributed by atoms with Crippen LogP contribution in [0.25, 0.3) is 0 Å². The van der Waals surface area contributed by atoms with Crippen LogP contribution >= 0.6 is 0 Å². The molecule has 250 valence electrons. The molecule has 0 radical (unpaired) electrons. The van der Waals surface area contributed by atoms with Gasteiger partial charge in [0, 0.05) is 107 Å². The molecule has 0 amide bonds. The topological polar surface area (TPSA) is 145 Å². The maximum absolute atomic E-state index is 5.76. The maximum atomic E-state index is 5.76. The van der Waals surface area contributed by atoms with Gasteiger partial charge in [-0.25, -0.2) is 0 Å². The van der Waals surface area contributed by atoms with Crippen LogP contribution in [-0.4, -0.2) is 135 Å². The maximum Gasteiger partial charge on any atom is 0.500 e. The van der Waals surface area contributed by atoms with E-state index >= 15 is 0 Å². The van der Waals surface area contributed by atoms with E-state index in [9.17, 15) is 0 Å². The van der Waals surface area contributed by atoms with Gasteiger partial charge in [0.25, 0.3) is 0 Å². The molecule has 0 fully saturated rings. The number of rotatable bonds is 29. The van der Waals surface area contributed by atoms with Crippen LogP contribution in [0.2, 0.25) is 18.1 Å². The first-order chi connectivity index (χ1) is 19.8. The van der Waals surface area contributed by atoms with Crippen molar-refractivity contribution in [3.63, 3.8) is 0 Å². The van der Waals surface area contributed by atoms with Crippen molar-refractivity contribution in [2.45, 2.75) is 58.2 Å². The quantitative estimate of drug-likeness (QED) is 0.0690. The van der Waals surface area contributed by atoms with Crippen LogP contribution < -0.4 is 21.7 Å². The molecule has 0 aliphatic heterocycles. The first-order valence-corrected chi connectivity index (χ1v) is 20.7. The number of nitrogens with one attached hydrogen (secondary N) is 3. The van der Waals surface area contributed by atoms with Crippen LogP contribution in [0.15, 0.2) is 0 Å². The Morgan fingerprint density at radius 2 is 0.732 bits per heavy atom. The van der Waals surface area contributed by atoms with Gasteiger partial charge in [-0.05, 0) is 59.7 Å². The van der Waals surface area contributed by atoms with Crippen molar-refractivity contribution in [3.8, 4) is 0 Å². The summed E-state index contributed by atoms with van der Waals surface area (Å²) >= 11 is 0. The zero-order chi connectivity index (χ0) is 31.3. The lowest BCUT2D eigenvalue weighted by Gasteiger charge is -2.28. The van der Waals surface area contributed by atoms with Crippen LogP contribution in [-0.2, 0) is 39.8 Å². The Morgan fingerprint density at radius 3 is 1.00 bits per heavy atom. The lowest BCUT2D eigenvalue weighted by atomic mass is 10.4. The SMILES string of the molecule is CCO[Si](CCCNCCN)(OCC)OCC.CO[Si](CCCNCCNCCC[Si](OC)(OC)OC)(OC)OC. The van der Waals surface area contributed by atoms with Gasteiger partial charge in [0.2, 0.25) is 0 Å². The first-order valence-electron chi connectivity index (χ1n) is 14.9. The minimum Gasteiger partial charge on any atom is -0.377 e. The van der Waals surface area contributed by atoms with Gasteiger partial charge in [-0.2, -0.15) is 0 Å². The molecule has 41 heavy (non-hydrogen) atoms. The second kappa shape index (κ2) is 28.9. The summed E-state index contributed by atoms with van der Waals surface area (Å²) in [7, 11) is 2.60. The predicted molar refractivity (Wildman–Crippen MR) is 170 cm³/mol. The molecule has 0 aromatic carbocycles. The molecule has 0 aromatic heterocycles. The van der Waals surface area contributed by atoms with Gasteiger partial charge in [-0.1, -0.05) is 0 Å². The standard InChI is InChI=1S/C14H36N2O6Si2.C11H28N2O3Si/c1-17-23(18-2,19-3)13-7-9-15-11-12-16-10-8-14-24(20-4,21-5)22-6;1-4-14-17(15-5-2,16-6-3)11-7-9-13-10-8-12/h15-16H,7-14H2,1-6H3;13H,4-12H2,1-3H3. The highest BCUT2D eigenvalue weighted by Gasteiger charge is 2.39. The molecule has 5 N–H and O–H groups in total. The summed E-state index contributed by atoms with van der Waals surface area (Å²) in [5.74, 6) is 0. The molecule has 0 heterocycles. The summed E-state index contributed by atoms with van der Waals surface area (Å²) in [5.41, 5.74) is 5.41. The average Bonchev–Trinajstić information content (AvgIpc) is 2.99. The Balaban J connectivity index is 0. The third-order valence-corrected chi connectivity index (χ3v) is 15.1. The molecule has 0 saturated carbocycles. The molecule has 0 rings (SSSR count). The Morgan fingerprint density at radius 1 is 0.439 bits per heavy atom. The van der Waals surface area contributed by atoms with Crippen molar-refractivity contribution < 1.29 is 39.8 Å². The monoisotopic (exact) mass is 648 g/mol. The lowest BCUT2D eigenvalue weighted by Crippen LogP contribution is -2.46. The molecule has 0 bridgehead atoms. The van der Waals surface area contributed by atoms with E-state index in [0.29, 0.717) is 26.4 Å². The first kappa shape index (κ1) is 43.3. The van der Waals surface area contributed by atoms with Crippen molar-refractivity contribution in [2.24, 2.45) is 5.73 Å². The van der Waals surface area contributed by atoms with Crippen LogP contribution in [0.1, 0.15) is 40.0 Å². The van der Waals surface area contributed by atoms with Crippen molar-refractivity contribution in [1.82, 2.24) is 16.0 Å². The highest BCUT2D eigenvalue weighted by molar-refractivity contribution is 6.61. The second-order valence-corrected chi connectivity index (χ2v) is 17.8. The average molecular weight is 649 g/mol. The third-order valence-electron chi connectivity index (χ3n) is 6.27. The van der Waals surface area contributed by atoms with E-state index in [0.717, 1.165) is 76.7 Å². The van der Waals surface area contributed by atoms with E-state index in [2.05, 4.69) is 16.0 Å². The van der Waals surface area contributed by atoms with Crippen molar-refractivity contribution in [2.75, 3.05) is 108 Å². The molecule has 0 atom stereocenters.